The second kappa shape index (κ2) is 5.97. The van der Waals surface area contributed by atoms with E-state index in [1.54, 1.807) is 6.08 Å². The molecule has 0 amide bonds. The van der Waals surface area contributed by atoms with E-state index >= 15 is 0 Å². The molecular formula is C12H14O2. The van der Waals surface area contributed by atoms with Gasteiger partial charge in [-0.05, 0) is 30.2 Å². The summed E-state index contributed by atoms with van der Waals surface area (Å²) in [7, 11) is 0. The Morgan fingerprint density at radius 2 is 2.00 bits per heavy atom. The van der Waals surface area contributed by atoms with Gasteiger partial charge in [0.25, 0.3) is 0 Å². The first-order valence-electron chi connectivity index (χ1n) is 4.71. The van der Waals surface area contributed by atoms with Crippen LogP contribution in [0.4, 0.5) is 0 Å². The SMILES string of the molecule is CCCOc1ccc(C=CC=O)cc1. The van der Waals surface area contributed by atoms with Crippen molar-refractivity contribution in [3.63, 3.8) is 0 Å². The highest BCUT2D eigenvalue weighted by molar-refractivity contribution is 5.73. The Bertz CT molecular complexity index is 299. The molecule has 0 fully saturated rings. The first-order chi connectivity index (χ1) is 6.86. The van der Waals surface area contributed by atoms with Crippen molar-refractivity contribution in [2.75, 3.05) is 6.61 Å². The second-order valence-corrected chi connectivity index (χ2v) is 2.91. The first kappa shape index (κ1) is 10.5. The number of ether oxygens (including phenoxy) is 1. The molecule has 0 saturated heterocycles. The average Bonchev–Trinajstić information content (AvgIpc) is 2.25. The number of carbonyl (C=O) groups excluding carboxylic acids is 1. The first-order valence-corrected chi connectivity index (χ1v) is 4.71. The standard InChI is InChI=1S/C12H14O2/c1-2-10-14-12-7-5-11(6-8-12)4-3-9-13/h3-9H,2,10H2,1H3. The largest absolute Gasteiger partial charge is 0.494 e. The van der Waals surface area contributed by atoms with E-state index in [2.05, 4.69) is 6.92 Å². The molecule has 0 aliphatic carbocycles. The minimum atomic E-state index is 0.740. The van der Waals surface area contributed by atoms with Gasteiger partial charge in [-0.25, -0.2) is 0 Å². The smallest absolute Gasteiger partial charge is 0.142 e. The van der Waals surface area contributed by atoms with Crippen LogP contribution in [-0.4, -0.2) is 12.9 Å². The van der Waals surface area contributed by atoms with Crippen LogP contribution in [-0.2, 0) is 4.79 Å². The maximum Gasteiger partial charge on any atom is 0.142 e. The number of hydrogen-bond acceptors (Lipinski definition) is 2. The summed E-state index contributed by atoms with van der Waals surface area (Å²) in [6.45, 7) is 2.81. The molecule has 0 radical (unpaired) electrons. The summed E-state index contributed by atoms with van der Waals surface area (Å²) >= 11 is 0. The third-order valence-corrected chi connectivity index (χ3v) is 1.72. The van der Waals surface area contributed by atoms with Crippen molar-refractivity contribution in [1.29, 1.82) is 0 Å². The fourth-order valence-electron chi connectivity index (χ4n) is 1.05. The quantitative estimate of drug-likeness (QED) is 0.527. The Hall–Kier alpha value is -1.57. The summed E-state index contributed by atoms with van der Waals surface area (Å²) in [4.78, 5) is 10.1. The highest BCUT2D eigenvalue weighted by Gasteiger charge is 1.91. The van der Waals surface area contributed by atoms with E-state index in [4.69, 9.17) is 4.74 Å². The Kier molecular flexibility index (Phi) is 4.48. The van der Waals surface area contributed by atoms with Crippen LogP contribution in [0.25, 0.3) is 6.08 Å². The zero-order valence-corrected chi connectivity index (χ0v) is 8.27. The van der Waals surface area contributed by atoms with Gasteiger partial charge in [0.2, 0.25) is 0 Å². The van der Waals surface area contributed by atoms with Gasteiger partial charge in [0.1, 0.15) is 12.0 Å². The zero-order valence-electron chi connectivity index (χ0n) is 8.27. The van der Waals surface area contributed by atoms with Gasteiger partial charge < -0.3 is 4.74 Å². The van der Waals surface area contributed by atoms with E-state index in [1.165, 1.54) is 6.08 Å². The zero-order chi connectivity index (χ0) is 10.2. The normalized spacial score (nSPS) is 10.4. The minimum absolute atomic E-state index is 0.740. The Morgan fingerprint density at radius 1 is 1.29 bits per heavy atom. The molecule has 0 atom stereocenters. The third-order valence-electron chi connectivity index (χ3n) is 1.72. The van der Waals surface area contributed by atoms with Crippen LogP contribution in [0.2, 0.25) is 0 Å². The van der Waals surface area contributed by atoms with Crippen LogP contribution < -0.4 is 4.74 Å². The summed E-state index contributed by atoms with van der Waals surface area (Å²) in [5.74, 6) is 0.870. The monoisotopic (exact) mass is 190 g/mol. The maximum atomic E-state index is 10.1. The van der Waals surface area contributed by atoms with E-state index in [0.717, 1.165) is 30.6 Å². The van der Waals surface area contributed by atoms with Gasteiger partial charge in [0.05, 0.1) is 6.61 Å². The molecule has 0 unspecified atom stereocenters. The van der Waals surface area contributed by atoms with Gasteiger partial charge in [-0.2, -0.15) is 0 Å². The lowest BCUT2D eigenvalue weighted by Gasteiger charge is -2.03. The summed E-state index contributed by atoms with van der Waals surface area (Å²) in [5.41, 5.74) is 1.00. The Balaban J connectivity index is 2.59. The van der Waals surface area contributed by atoms with Crippen molar-refractivity contribution in [2.45, 2.75) is 13.3 Å². The lowest BCUT2D eigenvalue weighted by molar-refractivity contribution is -0.104. The Labute approximate surface area is 84.2 Å². The van der Waals surface area contributed by atoms with Crippen LogP contribution in [0.1, 0.15) is 18.9 Å². The molecule has 0 bridgehead atoms. The molecule has 0 heterocycles. The van der Waals surface area contributed by atoms with Gasteiger partial charge in [0, 0.05) is 0 Å². The molecule has 0 aliphatic heterocycles. The minimum Gasteiger partial charge on any atom is -0.494 e. The molecule has 1 aromatic carbocycles. The maximum absolute atomic E-state index is 10.1. The predicted octanol–water partition coefficient (Wildman–Crippen LogP) is 2.69. The van der Waals surface area contributed by atoms with Crippen molar-refractivity contribution < 1.29 is 9.53 Å². The molecule has 1 aromatic rings. The van der Waals surface area contributed by atoms with Gasteiger partial charge in [0.15, 0.2) is 0 Å². The summed E-state index contributed by atoms with van der Waals surface area (Å²) < 4.78 is 5.42. The van der Waals surface area contributed by atoms with Gasteiger partial charge in [-0.15, -0.1) is 0 Å². The molecule has 0 spiro atoms. The number of hydrogen-bond donors (Lipinski definition) is 0. The van der Waals surface area contributed by atoms with Gasteiger partial charge >= 0.3 is 0 Å². The summed E-state index contributed by atoms with van der Waals surface area (Å²) in [6.07, 6.45) is 5.01. The van der Waals surface area contributed by atoms with Crippen molar-refractivity contribution in [2.24, 2.45) is 0 Å². The molecule has 0 saturated carbocycles. The van der Waals surface area contributed by atoms with E-state index in [-0.39, 0.29) is 0 Å². The number of rotatable bonds is 5. The predicted molar refractivity (Wildman–Crippen MR) is 57.3 cm³/mol. The van der Waals surface area contributed by atoms with Crippen LogP contribution in [0, 0.1) is 0 Å². The van der Waals surface area contributed by atoms with Crippen LogP contribution in [0.5, 0.6) is 5.75 Å². The molecule has 0 aliphatic rings. The topological polar surface area (TPSA) is 26.3 Å². The summed E-state index contributed by atoms with van der Waals surface area (Å²) in [6, 6.07) is 7.65. The average molecular weight is 190 g/mol. The third kappa shape index (κ3) is 3.44. The lowest BCUT2D eigenvalue weighted by atomic mass is 10.2. The highest BCUT2D eigenvalue weighted by atomic mass is 16.5. The number of benzene rings is 1. The second-order valence-electron chi connectivity index (χ2n) is 2.91. The van der Waals surface area contributed by atoms with Crippen molar-refractivity contribution >= 4 is 12.4 Å². The van der Waals surface area contributed by atoms with Crippen LogP contribution in [0.15, 0.2) is 30.3 Å². The fraction of sp³-hybridized carbons (Fsp3) is 0.250. The van der Waals surface area contributed by atoms with Crippen LogP contribution in [0.3, 0.4) is 0 Å². The van der Waals surface area contributed by atoms with E-state index in [9.17, 15) is 4.79 Å². The molecule has 2 heteroatoms. The van der Waals surface area contributed by atoms with E-state index in [0.29, 0.717) is 0 Å². The van der Waals surface area contributed by atoms with E-state index < -0.39 is 0 Å². The fourth-order valence-corrected chi connectivity index (χ4v) is 1.05. The molecule has 14 heavy (non-hydrogen) atoms. The number of allylic oxidation sites excluding steroid dienone is 1. The Morgan fingerprint density at radius 3 is 2.57 bits per heavy atom. The van der Waals surface area contributed by atoms with Crippen molar-refractivity contribution in [1.82, 2.24) is 0 Å². The van der Waals surface area contributed by atoms with E-state index in [1.807, 2.05) is 24.3 Å². The molecule has 1 rings (SSSR count). The van der Waals surface area contributed by atoms with Crippen molar-refractivity contribution in [3.8, 4) is 5.75 Å². The molecule has 2 nitrogen and oxygen atoms in total. The molecule has 0 aromatic heterocycles. The molecule has 0 N–H and O–H groups in total. The van der Waals surface area contributed by atoms with Crippen LogP contribution >= 0.6 is 0 Å². The van der Waals surface area contributed by atoms with Gasteiger partial charge in [-0.1, -0.05) is 25.1 Å². The number of carbonyl (C=O) groups is 1. The van der Waals surface area contributed by atoms with Crippen molar-refractivity contribution in [3.05, 3.63) is 35.9 Å². The van der Waals surface area contributed by atoms with Gasteiger partial charge in [-0.3, -0.25) is 4.79 Å². The lowest BCUT2D eigenvalue weighted by Crippen LogP contribution is -1.94. The number of aldehydes is 1. The molecule has 74 valence electrons. The highest BCUT2D eigenvalue weighted by Crippen LogP contribution is 2.13. The molecular weight excluding hydrogens is 176 g/mol. The summed E-state index contributed by atoms with van der Waals surface area (Å²) in [5, 5.41) is 0.